The van der Waals surface area contributed by atoms with E-state index >= 15 is 0 Å². The van der Waals surface area contributed by atoms with E-state index in [-0.39, 0.29) is 12.2 Å². The predicted octanol–water partition coefficient (Wildman–Crippen LogP) is 0.151. The first-order valence-corrected chi connectivity index (χ1v) is 4.75. The van der Waals surface area contributed by atoms with Crippen molar-refractivity contribution < 1.29 is 9.53 Å². The summed E-state index contributed by atoms with van der Waals surface area (Å²) in [4.78, 5) is 20.7. The number of anilines is 1. The smallest absolute Gasteiger partial charge is 0.415 e. The number of nitrogens with two attached hydrogens (primary N) is 1. The summed E-state index contributed by atoms with van der Waals surface area (Å²) >= 11 is 0. The lowest BCUT2D eigenvalue weighted by Crippen LogP contribution is -2.26. The number of hydrogen-bond donors (Lipinski definition) is 1. The van der Waals surface area contributed by atoms with Gasteiger partial charge in [-0.2, -0.15) is 0 Å². The summed E-state index contributed by atoms with van der Waals surface area (Å²) in [5, 5.41) is 0. The van der Waals surface area contributed by atoms with Crippen LogP contribution in [0.3, 0.4) is 0 Å². The summed E-state index contributed by atoms with van der Waals surface area (Å²) in [6.07, 6.45) is 3.17. The average molecular weight is 208 g/mol. The van der Waals surface area contributed by atoms with Crippen LogP contribution < -0.4 is 10.6 Å². The van der Waals surface area contributed by atoms with Gasteiger partial charge < -0.3 is 10.5 Å². The SMILES string of the molecule is NCCC1CN(c2ccncn2)C(=O)O1. The summed E-state index contributed by atoms with van der Waals surface area (Å²) < 4.78 is 5.12. The molecule has 1 aliphatic heterocycles. The van der Waals surface area contributed by atoms with Crippen LogP contribution in [0.2, 0.25) is 0 Å². The van der Waals surface area contributed by atoms with Crippen molar-refractivity contribution in [2.75, 3.05) is 18.0 Å². The highest BCUT2D eigenvalue weighted by Gasteiger charge is 2.32. The van der Waals surface area contributed by atoms with Crippen LogP contribution in [0.4, 0.5) is 10.6 Å². The van der Waals surface area contributed by atoms with Crippen LogP contribution >= 0.6 is 0 Å². The molecule has 1 aromatic heterocycles. The van der Waals surface area contributed by atoms with Gasteiger partial charge in [0.05, 0.1) is 6.54 Å². The van der Waals surface area contributed by atoms with Gasteiger partial charge in [0.1, 0.15) is 18.2 Å². The molecule has 0 aliphatic carbocycles. The third kappa shape index (κ3) is 2.04. The molecule has 2 rings (SSSR count). The van der Waals surface area contributed by atoms with E-state index in [0.717, 1.165) is 0 Å². The largest absolute Gasteiger partial charge is 0.444 e. The maximum absolute atomic E-state index is 11.5. The second-order valence-corrected chi connectivity index (χ2v) is 3.26. The van der Waals surface area contributed by atoms with Crippen molar-refractivity contribution in [2.45, 2.75) is 12.5 Å². The molecule has 1 fully saturated rings. The molecule has 1 aromatic rings. The van der Waals surface area contributed by atoms with Gasteiger partial charge in [-0.15, -0.1) is 0 Å². The molecule has 80 valence electrons. The molecule has 6 heteroatoms. The van der Waals surface area contributed by atoms with Gasteiger partial charge in [-0.05, 0) is 19.0 Å². The zero-order valence-electron chi connectivity index (χ0n) is 8.17. The molecule has 0 radical (unpaired) electrons. The molecule has 15 heavy (non-hydrogen) atoms. The minimum Gasteiger partial charge on any atom is -0.444 e. The van der Waals surface area contributed by atoms with E-state index in [1.165, 1.54) is 11.2 Å². The zero-order valence-corrected chi connectivity index (χ0v) is 8.17. The molecule has 1 atom stereocenters. The van der Waals surface area contributed by atoms with Crippen molar-refractivity contribution in [3.8, 4) is 0 Å². The lowest BCUT2D eigenvalue weighted by molar-refractivity contribution is 0.138. The van der Waals surface area contributed by atoms with Gasteiger partial charge in [-0.3, -0.25) is 4.90 Å². The normalized spacial score (nSPS) is 20.5. The molecule has 0 spiro atoms. The molecule has 0 bridgehead atoms. The summed E-state index contributed by atoms with van der Waals surface area (Å²) in [6, 6.07) is 1.67. The average Bonchev–Trinajstić information content (AvgIpc) is 2.61. The Labute approximate surface area is 87.1 Å². The van der Waals surface area contributed by atoms with E-state index in [2.05, 4.69) is 9.97 Å². The molecular formula is C9H12N4O2. The molecule has 6 nitrogen and oxygen atoms in total. The second kappa shape index (κ2) is 4.22. The van der Waals surface area contributed by atoms with E-state index in [1.807, 2.05) is 0 Å². The molecule has 2 N–H and O–H groups in total. The van der Waals surface area contributed by atoms with Crippen molar-refractivity contribution in [3.63, 3.8) is 0 Å². The monoisotopic (exact) mass is 208 g/mol. The Kier molecular flexibility index (Phi) is 2.77. The van der Waals surface area contributed by atoms with E-state index < -0.39 is 0 Å². The highest BCUT2D eigenvalue weighted by Crippen LogP contribution is 2.19. The maximum atomic E-state index is 11.5. The van der Waals surface area contributed by atoms with Crippen LogP contribution in [0.15, 0.2) is 18.6 Å². The number of amides is 1. The summed E-state index contributed by atoms with van der Waals surface area (Å²) in [7, 11) is 0. The lowest BCUT2D eigenvalue weighted by Gasteiger charge is -2.10. The van der Waals surface area contributed by atoms with Gasteiger partial charge in [-0.1, -0.05) is 0 Å². The Morgan fingerprint density at radius 2 is 2.53 bits per heavy atom. The van der Waals surface area contributed by atoms with Gasteiger partial charge in [0, 0.05) is 6.20 Å². The van der Waals surface area contributed by atoms with Gasteiger partial charge in [-0.25, -0.2) is 14.8 Å². The minimum atomic E-state index is -0.368. The molecular weight excluding hydrogens is 196 g/mol. The zero-order chi connectivity index (χ0) is 10.7. The van der Waals surface area contributed by atoms with Gasteiger partial charge in [0.2, 0.25) is 0 Å². The Balaban J connectivity index is 2.09. The number of nitrogens with zero attached hydrogens (tertiary/aromatic N) is 3. The topological polar surface area (TPSA) is 81.3 Å². The summed E-state index contributed by atoms with van der Waals surface area (Å²) in [5.41, 5.74) is 5.40. The van der Waals surface area contributed by atoms with Crippen LogP contribution in [0.5, 0.6) is 0 Å². The first-order chi connectivity index (χ1) is 7.31. The van der Waals surface area contributed by atoms with Crippen LogP contribution in [-0.4, -0.2) is 35.3 Å². The first kappa shape index (κ1) is 9.85. The van der Waals surface area contributed by atoms with Gasteiger partial charge >= 0.3 is 6.09 Å². The van der Waals surface area contributed by atoms with Crippen LogP contribution in [0.1, 0.15) is 6.42 Å². The van der Waals surface area contributed by atoms with Crippen LogP contribution in [0.25, 0.3) is 0 Å². The molecule has 1 amide bonds. The van der Waals surface area contributed by atoms with E-state index in [1.54, 1.807) is 12.3 Å². The lowest BCUT2D eigenvalue weighted by atomic mass is 10.2. The van der Waals surface area contributed by atoms with Gasteiger partial charge in [0.15, 0.2) is 0 Å². The quantitative estimate of drug-likeness (QED) is 0.764. The fourth-order valence-electron chi connectivity index (χ4n) is 1.49. The van der Waals surface area contributed by atoms with Crippen LogP contribution in [-0.2, 0) is 4.74 Å². The summed E-state index contributed by atoms with van der Waals surface area (Å²) in [5.74, 6) is 0.564. The van der Waals surface area contributed by atoms with Crippen molar-refractivity contribution >= 4 is 11.9 Å². The molecule has 0 saturated carbocycles. The van der Waals surface area contributed by atoms with Crippen LogP contribution in [0, 0.1) is 0 Å². The standard InChI is InChI=1S/C9H12N4O2/c10-3-1-7-5-13(9(14)15-7)8-2-4-11-6-12-8/h2,4,6-7H,1,3,5,10H2. The molecule has 1 unspecified atom stereocenters. The third-order valence-corrected chi connectivity index (χ3v) is 2.21. The Morgan fingerprint density at radius 3 is 3.20 bits per heavy atom. The van der Waals surface area contributed by atoms with Crippen molar-refractivity contribution in [1.29, 1.82) is 0 Å². The van der Waals surface area contributed by atoms with E-state index in [9.17, 15) is 4.79 Å². The highest BCUT2D eigenvalue weighted by molar-refractivity contribution is 5.88. The van der Waals surface area contributed by atoms with E-state index in [0.29, 0.717) is 25.3 Å². The molecule has 0 aromatic carbocycles. The molecule has 1 saturated heterocycles. The Bertz CT molecular complexity index is 343. The number of ether oxygens (including phenoxy) is 1. The minimum absolute atomic E-state index is 0.127. The fraction of sp³-hybridized carbons (Fsp3) is 0.444. The Hall–Kier alpha value is -1.69. The first-order valence-electron chi connectivity index (χ1n) is 4.75. The third-order valence-electron chi connectivity index (χ3n) is 2.21. The fourth-order valence-corrected chi connectivity index (χ4v) is 1.49. The van der Waals surface area contributed by atoms with Crippen molar-refractivity contribution in [3.05, 3.63) is 18.6 Å². The molecule has 1 aliphatic rings. The second-order valence-electron chi connectivity index (χ2n) is 3.26. The van der Waals surface area contributed by atoms with Crippen molar-refractivity contribution in [1.82, 2.24) is 9.97 Å². The van der Waals surface area contributed by atoms with E-state index in [4.69, 9.17) is 10.5 Å². The highest BCUT2D eigenvalue weighted by atomic mass is 16.6. The van der Waals surface area contributed by atoms with Crippen molar-refractivity contribution in [2.24, 2.45) is 5.73 Å². The number of hydrogen-bond acceptors (Lipinski definition) is 5. The number of aromatic nitrogens is 2. The Morgan fingerprint density at radius 1 is 1.67 bits per heavy atom. The number of cyclic esters (lactones) is 1. The molecule has 2 heterocycles. The number of carbonyl (C=O) groups is 1. The summed E-state index contributed by atoms with van der Waals surface area (Å²) in [6.45, 7) is 1.02. The van der Waals surface area contributed by atoms with Gasteiger partial charge in [0.25, 0.3) is 0 Å². The predicted molar refractivity (Wildman–Crippen MR) is 53.3 cm³/mol. The maximum Gasteiger partial charge on any atom is 0.415 e. The number of rotatable bonds is 3. The number of carbonyl (C=O) groups excluding carboxylic acids is 1.